The number of carbonyl (C=O) groups is 1. The summed E-state index contributed by atoms with van der Waals surface area (Å²) in [6, 6.07) is 5.60. The van der Waals surface area contributed by atoms with E-state index in [4.69, 9.17) is 0 Å². The number of hydrogen-bond acceptors (Lipinski definition) is 5. The molecule has 0 saturated carbocycles. The molecule has 1 N–H and O–H groups in total. The molecule has 0 radical (unpaired) electrons. The number of carbonyl (C=O) groups excluding carboxylic acids is 1. The van der Waals surface area contributed by atoms with Crippen LogP contribution in [-0.2, 0) is 6.54 Å². The van der Waals surface area contributed by atoms with E-state index in [0.29, 0.717) is 18.1 Å². The molecule has 22 heavy (non-hydrogen) atoms. The largest absolute Gasteiger partial charge is 0.366 e. The van der Waals surface area contributed by atoms with Crippen LogP contribution in [0, 0.1) is 0 Å². The number of hydrogen-bond donors (Lipinski definition) is 1. The molecule has 6 nitrogen and oxygen atoms in total. The van der Waals surface area contributed by atoms with Crippen LogP contribution in [0.1, 0.15) is 35.3 Å². The van der Waals surface area contributed by atoms with Crippen molar-refractivity contribution in [3.05, 3.63) is 48.2 Å². The van der Waals surface area contributed by atoms with Crippen LogP contribution in [0.5, 0.6) is 0 Å². The third-order valence-electron chi connectivity index (χ3n) is 3.75. The number of anilines is 1. The van der Waals surface area contributed by atoms with Gasteiger partial charge >= 0.3 is 0 Å². The van der Waals surface area contributed by atoms with Crippen LogP contribution in [0.2, 0.25) is 0 Å². The van der Waals surface area contributed by atoms with Gasteiger partial charge in [0.2, 0.25) is 0 Å². The van der Waals surface area contributed by atoms with Gasteiger partial charge in [-0.15, -0.1) is 0 Å². The number of amides is 1. The molecule has 1 amide bonds. The number of rotatable bonds is 4. The molecule has 114 valence electrons. The molecule has 0 bridgehead atoms. The quantitative estimate of drug-likeness (QED) is 0.936. The number of piperidine rings is 1. The molecular formula is C16H19N5O. The van der Waals surface area contributed by atoms with Gasteiger partial charge in [0, 0.05) is 38.1 Å². The Morgan fingerprint density at radius 2 is 1.91 bits per heavy atom. The minimum Gasteiger partial charge on any atom is -0.366 e. The van der Waals surface area contributed by atoms with Gasteiger partial charge in [-0.3, -0.25) is 9.78 Å². The molecule has 1 saturated heterocycles. The van der Waals surface area contributed by atoms with Gasteiger partial charge in [0.15, 0.2) is 0 Å². The fourth-order valence-corrected chi connectivity index (χ4v) is 2.52. The zero-order chi connectivity index (χ0) is 15.2. The summed E-state index contributed by atoms with van der Waals surface area (Å²) in [6.07, 6.45) is 8.29. The molecular weight excluding hydrogens is 278 g/mol. The third kappa shape index (κ3) is 3.58. The molecule has 0 unspecified atom stereocenters. The van der Waals surface area contributed by atoms with Crippen molar-refractivity contribution in [2.45, 2.75) is 25.8 Å². The van der Waals surface area contributed by atoms with E-state index >= 15 is 0 Å². The van der Waals surface area contributed by atoms with Gasteiger partial charge in [0.1, 0.15) is 17.8 Å². The minimum absolute atomic E-state index is 0.00550. The summed E-state index contributed by atoms with van der Waals surface area (Å²) in [5.41, 5.74) is 1.56. The Morgan fingerprint density at radius 1 is 1.14 bits per heavy atom. The molecule has 1 fully saturated rings. The summed E-state index contributed by atoms with van der Waals surface area (Å²) < 4.78 is 0. The van der Waals surface area contributed by atoms with Gasteiger partial charge in [-0.25, -0.2) is 9.97 Å². The van der Waals surface area contributed by atoms with Gasteiger partial charge in [-0.2, -0.15) is 0 Å². The standard InChI is InChI=1S/C16H19N5O/c22-16(21-8-2-1-3-9-21)14-10-15(20-12-19-14)18-11-13-4-6-17-7-5-13/h4-7,10,12H,1-3,8-9,11H2,(H,18,19,20). The predicted octanol–water partition coefficient (Wildman–Crippen LogP) is 2.11. The van der Waals surface area contributed by atoms with Crippen molar-refractivity contribution < 1.29 is 4.79 Å². The van der Waals surface area contributed by atoms with E-state index in [1.54, 1.807) is 18.5 Å². The molecule has 2 aromatic rings. The highest BCUT2D eigenvalue weighted by molar-refractivity contribution is 5.92. The molecule has 0 spiro atoms. The molecule has 3 rings (SSSR count). The molecule has 2 aromatic heterocycles. The van der Waals surface area contributed by atoms with Crippen molar-refractivity contribution in [2.75, 3.05) is 18.4 Å². The van der Waals surface area contributed by atoms with Crippen LogP contribution in [0.4, 0.5) is 5.82 Å². The second-order valence-electron chi connectivity index (χ2n) is 5.35. The summed E-state index contributed by atoms with van der Waals surface area (Å²) in [5, 5.41) is 3.21. The van der Waals surface area contributed by atoms with E-state index in [0.717, 1.165) is 31.5 Å². The highest BCUT2D eigenvalue weighted by atomic mass is 16.2. The first-order chi connectivity index (χ1) is 10.8. The van der Waals surface area contributed by atoms with E-state index in [2.05, 4.69) is 20.3 Å². The zero-order valence-electron chi connectivity index (χ0n) is 12.4. The minimum atomic E-state index is -0.00550. The first-order valence-electron chi connectivity index (χ1n) is 7.57. The average Bonchev–Trinajstić information content (AvgIpc) is 2.61. The van der Waals surface area contributed by atoms with Crippen molar-refractivity contribution in [1.82, 2.24) is 19.9 Å². The molecule has 0 aromatic carbocycles. The Balaban J connectivity index is 1.65. The second-order valence-corrected chi connectivity index (χ2v) is 5.35. The average molecular weight is 297 g/mol. The lowest BCUT2D eigenvalue weighted by Gasteiger charge is -2.26. The lowest BCUT2D eigenvalue weighted by atomic mass is 10.1. The van der Waals surface area contributed by atoms with Crippen LogP contribution in [0.3, 0.4) is 0 Å². The Hall–Kier alpha value is -2.50. The lowest BCUT2D eigenvalue weighted by molar-refractivity contribution is 0.0718. The summed E-state index contributed by atoms with van der Waals surface area (Å²) in [5.74, 6) is 0.654. The van der Waals surface area contributed by atoms with Gasteiger partial charge in [0.25, 0.3) is 5.91 Å². The zero-order valence-corrected chi connectivity index (χ0v) is 12.4. The summed E-state index contributed by atoms with van der Waals surface area (Å²) in [4.78, 5) is 26.6. The van der Waals surface area contributed by atoms with Gasteiger partial charge in [-0.05, 0) is 37.0 Å². The van der Waals surface area contributed by atoms with Gasteiger partial charge < -0.3 is 10.2 Å². The number of aromatic nitrogens is 3. The Bertz CT molecular complexity index is 625. The highest BCUT2D eigenvalue weighted by Crippen LogP contribution is 2.13. The van der Waals surface area contributed by atoms with Crippen LogP contribution in [0.15, 0.2) is 36.9 Å². The normalized spacial score (nSPS) is 14.6. The number of nitrogens with one attached hydrogen (secondary N) is 1. The maximum absolute atomic E-state index is 12.4. The first kappa shape index (κ1) is 14.4. The summed E-state index contributed by atoms with van der Waals surface area (Å²) in [6.45, 7) is 2.28. The molecule has 1 aliphatic heterocycles. The van der Waals surface area contributed by atoms with Crippen LogP contribution >= 0.6 is 0 Å². The second kappa shape index (κ2) is 6.98. The number of nitrogens with zero attached hydrogens (tertiary/aromatic N) is 4. The maximum atomic E-state index is 12.4. The Kier molecular flexibility index (Phi) is 4.58. The monoisotopic (exact) mass is 297 g/mol. The SMILES string of the molecule is O=C(c1cc(NCc2ccncc2)ncn1)N1CCCCC1. The molecule has 1 aliphatic rings. The van der Waals surface area contributed by atoms with Crippen molar-refractivity contribution in [3.63, 3.8) is 0 Å². The van der Waals surface area contributed by atoms with Crippen LogP contribution in [-0.4, -0.2) is 38.8 Å². The highest BCUT2D eigenvalue weighted by Gasteiger charge is 2.19. The fourth-order valence-electron chi connectivity index (χ4n) is 2.52. The summed E-state index contributed by atoms with van der Waals surface area (Å²) >= 11 is 0. The van der Waals surface area contributed by atoms with E-state index in [-0.39, 0.29) is 5.91 Å². The maximum Gasteiger partial charge on any atom is 0.272 e. The van der Waals surface area contributed by atoms with E-state index in [1.165, 1.54) is 12.7 Å². The van der Waals surface area contributed by atoms with Crippen molar-refractivity contribution in [1.29, 1.82) is 0 Å². The van der Waals surface area contributed by atoms with Crippen LogP contribution in [0.25, 0.3) is 0 Å². The van der Waals surface area contributed by atoms with Gasteiger partial charge in [-0.1, -0.05) is 0 Å². The van der Waals surface area contributed by atoms with Crippen LogP contribution < -0.4 is 5.32 Å². The summed E-state index contributed by atoms with van der Waals surface area (Å²) in [7, 11) is 0. The first-order valence-corrected chi connectivity index (χ1v) is 7.57. The smallest absolute Gasteiger partial charge is 0.272 e. The molecule has 0 aliphatic carbocycles. The molecule has 6 heteroatoms. The fraction of sp³-hybridized carbons (Fsp3) is 0.375. The Morgan fingerprint density at radius 3 is 2.68 bits per heavy atom. The van der Waals surface area contributed by atoms with Crippen molar-refractivity contribution in [3.8, 4) is 0 Å². The lowest BCUT2D eigenvalue weighted by Crippen LogP contribution is -2.36. The number of pyridine rings is 1. The Labute approximate surface area is 129 Å². The predicted molar refractivity (Wildman–Crippen MR) is 83.4 cm³/mol. The van der Waals surface area contributed by atoms with Gasteiger partial charge in [0.05, 0.1) is 0 Å². The van der Waals surface area contributed by atoms with Crippen molar-refractivity contribution in [2.24, 2.45) is 0 Å². The van der Waals surface area contributed by atoms with E-state index in [1.807, 2.05) is 17.0 Å². The van der Waals surface area contributed by atoms with E-state index in [9.17, 15) is 4.79 Å². The topological polar surface area (TPSA) is 71.0 Å². The molecule has 3 heterocycles. The number of likely N-dealkylation sites (tertiary alicyclic amines) is 1. The third-order valence-corrected chi connectivity index (χ3v) is 3.75. The van der Waals surface area contributed by atoms with Crippen molar-refractivity contribution >= 4 is 11.7 Å². The molecule has 0 atom stereocenters. The van der Waals surface area contributed by atoms with E-state index < -0.39 is 0 Å².